The second-order valence-corrected chi connectivity index (χ2v) is 4.50. The van der Waals surface area contributed by atoms with Gasteiger partial charge in [-0.3, -0.25) is 0 Å². The van der Waals surface area contributed by atoms with Gasteiger partial charge in [-0.05, 0) is 12.1 Å². The average Bonchev–Trinajstić information content (AvgIpc) is 2.39. The van der Waals surface area contributed by atoms with Crippen LogP contribution in [-0.2, 0) is 6.18 Å². The zero-order chi connectivity index (χ0) is 16.7. The minimum absolute atomic E-state index is 0.312. The van der Waals surface area contributed by atoms with Crippen LogP contribution in [0.25, 0.3) is 11.3 Å². The van der Waals surface area contributed by atoms with E-state index in [2.05, 4.69) is 9.97 Å². The minimum atomic E-state index is -4.88. The fourth-order valence-corrected chi connectivity index (χ4v) is 1.96. The lowest BCUT2D eigenvalue weighted by molar-refractivity contribution is -0.137. The molecule has 5 nitrogen and oxygen atoms in total. The monoisotopic (exact) mass is 331 g/mol. The molecular weight excluding hydrogens is 326 g/mol. The van der Waals surface area contributed by atoms with Gasteiger partial charge in [0, 0.05) is 5.56 Å². The maximum atomic E-state index is 13.7. The Kier molecular flexibility index (Phi) is 3.81. The first-order chi connectivity index (χ1) is 10.1. The highest BCUT2D eigenvalue weighted by Gasteiger charge is 2.35. The van der Waals surface area contributed by atoms with Gasteiger partial charge in [-0.15, -0.1) is 0 Å². The van der Waals surface area contributed by atoms with Crippen LogP contribution < -0.4 is 11.5 Å². The summed E-state index contributed by atoms with van der Waals surface area (Å²) in [4.78, 5) is 7.18. The standard InChI is InChI=1S/C12H6ClF4N5/c13-8-6(12(15,16)17)1-4(2-7(8)14)9-5(3-18)10(19)22-11(20)21-9/h1-2H,(H4,19,20,21,22). The van der Waals surface area contributed by atoms with E-state index in [0.29, 0.717) is 12.1 Å². The second kappa shape index (κ2) is 5.31. The summed E-state index contributed by atoms with van der Waals surface area (Å²) in [6.07, 6.45) is -4.88. The second-order valence-electron chi connectivity index (χ2n) is 4.12. The van der Waals surface area contributed by atoms with Crippen molar-refractivity contribution >= 4 is 23.4 Å². The number of anilines is 2. The summed E-state index contributed by atoms with van der Waals surface area (Å²) in [5.41, 5.74) is 8.46. The number of halogens is 5. The molecule has 1 heterocycles. The van der Waals surface area contributed by atoms with E-state index in [1.54, 1.807) is 6.07 Å². The lowest BCUT2D eigenvalue weighted by Gasteiger charge is -2.13. The number of nitrogens with two attached hydrogens (primary N) is 2. The molecular formula is C12H6ClF4N5. The van der Waals surface area contributed by atoms with Crippen LogP contribution in [0.5, 0.6) is 0 Å². The van der Waals surface area contributed by atoms with Crippen molar-refractivity contribution in [2.75, 3.05) is 11.5 Å². The molecule has 0 amide bonds. The lowest BCUT2D eigenvalue weighted by atomic mass is 10.0. The van der Waals surface area contributed by atoms with Crippen molar-refractivity contribution in [3.63, 3.8) is 0 Å². The van der Waals surface area contributed by atoms with Crippen molar-refractivity contribution in [2.45, 2.75) is 6.18 Å². The Hall–Kier alpha value is -2.60. The van der Waals surface area contributed by atoms with Gasteiger partial charge in [0.05, 0.1) is 16.3 Å². The number of nitrogen functional groups attached to an aromatic ring is 2. The first kappa shape index (κ1) is 15.8. The van der Waals surface area contributed by atoms with Crippen LogP contribution in [0.15, 0.2) is 12.1 Å². The van der Waals surface area contributed by atoms with Crippen LogP contribution in [-0.4, -0.2) is 9.97 Å². The maximum absolute atomic E-state index is 13.7. The Labute approximate surface area is 126 Å². The molecule has 0 bridgehead atoms. The summed E-state index contributed by atoms with van der Waals surface area (Å²) >= 11 is 5.33. The predicted octanol–water partition coefficient (Wildman–Crippen LogP) is 2.99. The van der Waals surface area contributed by atoms with Crippen molar-refractivity contribution < 1.29 is 17.6 Å². The first-order valence-electron chi connectivity index (χ1n) is 5.54. The zero-order valence-corrected chi connectivity index (χ0v) is 11.3. The third-order valence-electron chi connectivity index (χ3n) is 2.67. The van der Waals surface area contributed by atoms with Gasteiger partial charge in [0.2, 0.25) is 5.95 Å². The summed E-state index contributed by atoms with van der Waals surface area (Å²) in [5.74, 6) is -2.00. The van der Waals surface area contributed by atoms with E-state index in [-0.39, 0.29) is 28.6 Å². The normalized spacial score (nSPS) is 11.3. The number of alkyl halides is 3. The highest BCUT2D eigenvalue weighted by Crippen LogP contribution is 2.39. The molecule has 1 aromatic carbocycles. The highest BCUT2D eigenvalue weighted by molar-refractivity contribution is 6.31. The number of rotatable bonds is 1. The Bertz CT molecular complexity index is 798. The molecule has 0 unspecified atom stereocenters. The van der Waals surface area contributed by atoms with Crippen LogP contribution in [0.1, 0.15) is 11.1 Å². The number of nitriles is 1. The molecule has 0 spiro atoms. The van der Waals surface area contributed by atoms with Gasteiger partial charge in [-0.1, -0.05) is 11.6 Å². The molecule has 114 valence electrons. The summed E-state index contributed by atoms with van der Waals surface area (Å²) < 4.78 is 52.3. The Morgan fingerprint density at radius 3 is 2.36 bits per heavy atom. The van der Waals surface area contributed by atoms with Gasteiger partial charge < -0.3 is 11.5 Å². The number of hydrogen-bond donors (Lipinski definition) is 2. The maximum Gasteiger partial charge on any atom is 0.417 e. The number of hydrogen-bond acceptors (Lipinski definition) is 5. The molecule has 2 aromatic rings. The van der Waals surface area contributed by atoms with Gasteiger partial charge >= 0.3 is 6.18 Å². The molecule has 22 heavy (non-hydrogen) atoms. The summed E-state index contributed by atoms with van der Waals surface area (Å²) in [5, 5.41) is 7.93. The summed E-state index contributed by atoms with van der Waals surface area (Å²) in [6.45, 7) is 0. The molecule has 0 fully saturated rings. The van der Waals surface area contributed by atoms with Crippen molar-refractivity contribution in [3.05, 3.63) is 34.1 Å². The fourth-order valence-electron chi connectivity index (χ4n) is 1.75. The fraction of sp³-hybridized carbons (Fsp3) is 0.0833. The van der Waals surface area contributed by atoms with E-state index in [0.717, 1.165) is 0 Å². The van der Waals surface area contributed by atoms with Crippen molar-refractivity contribution in [2.24, 2.45) is 0 Å². The van der Waals surface area contributed by atoms with Gasteiger partial charge in [0.15, 0.2) is 0 Å². The topological polar surface area (TPSA) is 102 Å². The van der Waals surface area contributed by atoms with Crippen molar-refractivity contribution in [1.29, 1.82) is 5.26 Å². The van der Waals surface area contributed by atoms with Crippen LogP contribution in [0, 0.1) is 17.1 Å². The van der Waals surface area contributed by atoms with E-state index >= 15 is 0 Å². The Balaban J connectivity index is 2.80. The van der Waals surface area contributed by atoms with E-state index < -0.39 is 22.6 Å². The zero-order valence-electron chi connectivity index (χ0n) is 10.5. The van der Waals surface area contributed by atoms with Crippen molar-refractivity contribution in [1.82, 2.24) is 9.97 Å². The first-order valence-corrected chi connectivity index (χ1v) is 5.92. The molecule has 0 atom stereocenters. The molecule has 2 rings (SSSR count). The van der Waals surface area contributed by atoms with E-state index in [9.17, 15) is 17.6 Å². The molecule has 1 aromatic heterocycles. The molecule has 0 radical (unpaired) electrons. The molecule has 0 aliphatic heterocycles. The minimum Gasteiger partial charge on any atom is -0.382 e. The number of benzene rings is 1. The average molecular weight is 332 g/mol. The SMILES string of the molecule is N#Cc1c(N)nc(N)nc1-c1cc(F)c(Cl)c(C(F)(F)F)c1. The third kappa shape index (κ3) is 2.73. The quantitative estimate of drug-likeness (QED) is 0.782. The highest BCUT2D eigenvalue weighted by atomic mass is 35.5. The Morgan fingerprint density at radius 2 is 1.82 bits per heavy atom. The van der Waals surface area contributed by atoms with Crippen LogP contribution >= 0.6 is 11.6 Å². The number of aromatic nitrogens is 2. The van der Waals surface area contributed by atoms with E-state index in [1.165, 1.54) is 0 Å². The van der Waals surface area contributed by atoms with Crippen LogP contribution in [0.2, 0.25) is 5.02 Å². The Morgan fingerprint density at radius 1 is 1.18 bits per heavy atom. The van der Waals surface area contributed by atoms with Crippen LogP contribution in [0.3, 0.4) is 0 Å². The summed E-state index contributed by atoms with van der Waals surface area (Å²) in [7, 11) is 0. The van der Waals surface area contributed by atoms with Gasteiger partial charge in [-0.2, -0.15) is 23.4 Å². The molecule has 0 saturated carbocycles. The van der Waals surface area contributed by atoms with E-state index in [4.69, 9.17) is 28.3 Å². The molecule has 4 N–H and O–H groups in total. The molecule has 0 saturated heterocycles. The lowest BCUT2D eigenvalue weighted by Crippen LogP contribution is -2.09. The largest absolute Gasteiger partial charge is 0.417 e. The number of nitrogens with zero attached hydrogens (tertiary/aromatic N) is 3. The molecule has 10 heteroatoms. The summed E-state index contributed by atoms with van der Waals surface area (Å²) in [6, 6.07) is 2.91. The van der Waals surface area contributed by atoms with E-state index in [1.807, 2.05) is 0 Å². The third-order valence-corrected chi connectivity index (χ3v) is 3.06. The van der Waals surface area contributed by atoms with Gasteiger partial charge in [0.1, 0.15) is 23.3 Å². The molecule has 0 aliphatic carbocycles. The van der Waals surface area contributed by atoms with Gasteiger partial charge in [-0.25, -0.2) is 9.37 Å². The molecule has 0 aliphatic rings. The van der Waals surface area contributed by atoms with Crippen molar-refractivity contribution in [3.8, 4) is 17.3 Å². The van der Waals surface area contributed by atoms with Gasteiger partial charge in [0.25, 0.3) is 0 Å². The smallest absolute Gasteiger partial charge is 0.382 e. The van der Waals surface area contributed by atoms with Crippen LogP contribution in [0.4, 0.5) is 29.3 Å². The predicted molar refractivity (Wildman–Crippen MR) is 71.0 cm³/mol.